The number of hydrogen-bond acceptors (Lipinski definition) is 5. The van der Waals surface area contributed by atoms with E-state index in [4.69, 9.17) is 16.3 Å². The standard InChI is InChI=1S/C28H40ClN3O5S/c1-5-7-18-30-28(34)25(6-2)31(20-17-22-12-9-8-10-13-22)27(33)14-11-19-32(38(4,35)36)23-15-16-26(37-3)24(29)21-23/h8-10,12-13,15-16,21,25H,5-7,11,14,17-20H2,1-4H3,(H,30,34). The van der Waals surface area contributed by atoms with Crippen molar-refractivity contribution in [2.75, 3.05) is 37.3 Å². The first kappa shape index (κ1) is 31.4. The number of sulfonamides is 1. The van der Waals surface area contributed by atoms with E-state index in [2.05, 4.69) is 12.2 Å². The van der Waals surface area contributed by atoms with Gasteiger partial charge in [0.1, 0.15) is 11.8 Å². The zero-order chi connectivity index (χ0) is 28.1. The van der Waals surface area contributed by atoms with E-state index in [0.29, 0.717) is 42.4 Å². The first-order valence-electron chi connectivity index (χ1n) is 13.0. The predicted octanol–water partition coefficient (Wildman–Crippen LogP) is 4.66. The van der Waals surface area contributed by atoms with Crippen LogP contribution in [0.2, 0.25) is 5.02 Å². The number of unbranched alkanes of at least 4 members (excludes halogenated alkanes) is 1. The molecule has 8 nitrogen and oxygen atoms in total. The summed E-state index contributed by atoms with van der Waals surface area (Å²) < 4.78 is 31.5. The predicted molar refractivity (Wildman–Crippen MR) is 153 cm³/mol. The molecule has 2 aromatic rings. The van der Waals surface area contributed by atoms with E-state index in [1.165, 1.54) is 17.5 Å². The molecule has 0 radical (unpaired) electrons. The summed E-state index contributed by atoms with van der Waals surface area (Å²) in [4.78, 5) is 28.1. The Morgan fingerprint density at radius 3 is 2.34 bits per heavy atom. The van der Waals surface area contributed by atoms with Crippen LogP contribution in [-0.4, -0.2) is 64.2 Å². The molecule has 2 rings (SSSR count). The molecule has 1 atom stereocenters. The van der Waals surface area contributed by atoms with Gasteiger partial charge in [0.15, 0.2) is 0 Å². The van der Waals surface area contributed by atoms with Gasteiger partial charge in [0, 0.05) is 26.1 Å². The average Bonchev–Trinajstić information content (AvgIpc) is 2.88. The molecule has 0 aliphatic heterocycles. The number of nitrogens with one attached hydrogen (secondary N) is 1. The number of carbonyl (C=O) groups excluding carboxylic acids is 2. The fraction of sp³-hybridized carbons (Fsp3) is 0.500. The van der Waals surface area contributed by atoms with Gasteiger partial charge in [-0.05, 0) is 49.4 Å². The minimum Gasteiger partial charge on any atom is -0.495 e. The Balaban J connectivity index is 2.16. The number of carbonyl (C=O) groups is 2. The van der Waals surface area contributed by atoms with Crippen molar-refractivity contribution in [1.82, 2.24) is 10.2 Å². The van der Waals surface area contributed by atoms with Crippen molar-refractivity contribution < 1.29 is 22.7 Å². The van der Waals surface area contributed by atoms with E-state index in [9.17, 15) is 18.0 Å². The topological polar surface area (TPSA) is 96.0 Å². The highest BCUT2D eigenvalue weighted by molar-refractivity contribution is 7.92. The van der Waals surface area contributed by atoms with Crippen LogP contribution in [0.1, 0.15) is 51.5 Å². The van der Waals surface area contributed by atoms with Crippen LogP contribution in [0.3, 0.4) is 0 Å². The molecule has 2 amide bonds. The number of ether oxygens (including phenoxy) is 1. The van der Waals surface area contributed by atoms with Gasteiger partial charge >= 0.3 is 0 Å². The molecule has 2 aromatic carbocycles. The lowest BCUT2D eigenvalue weighted by atomic mass is 10.1. The highest BCUT2D eigenvalue weighted by Crippen LogP contribution is 2.30. The Bertz CT molecular complexity index is 1140. The van der Waals surface area contributed by atoms with Gasteiger partial charge in [-0.3, -0.25) is 13.9 Å². The maximum Gasteiger partial charge on any atom is 0.242 e. The number of benzene rings is 2. The van der Waals surface area contributed by atoms with Crippen molar-refractivity contribution >= 4 is 39.1 Å². The van der Waals surface area contributed by atoms with Crippen LogP contribution < -0.4 is 14.4 Å². The molecule has 0 saturated heterocycles. The van der Waals surface area contributed by atoms with E-state index >= 15 is 0 Å². The minimum atomic E-state index is -3.62. The molecule has 0 spiro atoms. The molecule has 0 bridgehead atoms. The molecule has 0 aliphatic carbocycles. The molecule has 0 aliphatic rings. The fourth-order valence-corrected chi connectivity index (χ4v) is 5.43. The van der Waals surface area contributed by atoms with Gasteiger partial charge in [-0.2, -0.15) is 0 Å². The molecule has 10 heteroatoms. The molecule has 1 unspecified atom stereocenters. The van der Waals surface area contributed by atoms with Gasteiger partial charge in [-0.1, -0.05) is 62.2 Å². The second-order valence-electron chi connectivity index (χ2n) is 9.15. The van der Waals surface area contributed by atoms with Crippen molar-refractivity contribution in [2.24, 2.45) is 0 Å². The summed E-state index contributed by atoms with van der Waals surface area (Å²) in [7, 11) is -2.14. The third-order valence-corrected chi connectivity index (χ3v) is 7.76. The third kappa shape index (κ3) is 9.51. The number of amides is 2. The largest absolute Gasteiger partial charge is 0.495 e. The van der Waals surface area contributed by atoms with Gasteiger partial charge in [-0.15, -0.1) is 0 Å². The zero-order valence-electron chi connectivity index (χ0n) is 22.8. The van der Waals surface area contributed by atoms with Crippen molar-refractivity contribution in [2.45, 2.75) is 58.4 Å². The van der Waals surface area contributed by atoms with Crippen LogP contribution in [0.25, 0.3) is 0 Å². The Kier molecular flexibility index (Phi) is 12.9. The number of nitrogens with zero attached hydrogens (tertiary/aromatic N) is 2. The molecular formula is C28H40ClN3O5S. The monoisotopic (exact) mass is 565 g/mol. The third-order valence-electron chi connectivity index (χ3n) is 6.28. The fourth-order valence-electron chi connectivity index (χ4n) is 4.22. The number of rotatable bonds is 16. The van der Waals surface area contributed by atoms with Crippen LogP contribution in [0.4, 0.5) is 5.69 Å². The second kappa shape index (κ2) is 15.6. The number of hydrogen-bond donors (Lipinski definition) is 1. The van der Waals surface area contributed by atoms with Crippen LogP contribution >= 0.6 is 11.6 Å². The lowest BCUT2D eigenvalue weighted by molar-refractivity contribution is -0.140. The van der Waals surface area contributed by atoms with Gasteiger partial charge in [0.05, 0.1) is 24.1 Å². The smallest absolute Gasteiger partial charge is 0.242 e. The van der Waals surface area contributed by atoms with E-state index in [1.807, 2.05) is 37.3 Å². The minimum absolute atomic E-state index is 0.0965. The van der Waals surface area contributed by atoms with E-state index in [0.717, 1.165) is 24.7 Å². The Morgan fingerprint density at radius 2 is 1.76 bits per heavy atom. The van der Waals surface area contributed by atoms with Crippen molar-refractivity contribution in [1.29, 1.82) is 0 Å². The van der Waals surface area contributed by atoms with Gasteiger partial charge in [-0.25, -0.2) is 8.42 Å². The van der Waals surface area contributed by atoms with Gasteiger partial charge in [0.2, 0.25) is 21.8 Å². The molecule has 38 heavy (non-hydrogen) atoms. The maximum atomic E-state index is 13.4. The first-order valence-corrected chi connectivity index (χ1v) is 15.3. The van der Waals surface area contributed by atoms with Crippen LogP contribution in [0.15, 0.2) is 48.5 Å². The quantitative estimate of drug-likeness (QED) is 0.299. The number of methoxy groups -OCH3 is 1. The Hall–Kier alpha value is -2.78. The van der Waals surface area contributed by atoms with Crippen molar-refractivity contribution in [3.63, 3.8) is 0 Å². The molecule has 1 N–H and O–H groups in total. The lowest BCUT2D eigenvalue weighted by Crippen LogP contribution is -2.50. The Labute approximate surface area is 232 Å². The van der Waals surface area contributed by atoms with Gasteiger partial charge < -0.3 is 15.0 Å². The van der Waals surface area contributed by atoms with Gasteiger partial charge in [0.25, 0.3) is 0 Å². The highest BCUT2D eigenvalue weighted by Gasteiger charge is 2.28. The average molecular weight is 566 g/mol. The maximum absolute atomic E-state index is 13.4. The summed E-state index contributed by atoms with van der Waals surface area (Å²) in [5, 5.41) is 3.25. The lowest BCUT2D eigenvalue weighted by Gasteiger charge is -2.31. The second-order valence-corrected chi connectivity index (χ2v) is 11.5. The number of anilines is 1. The first-order chi connectivity index (χ1) is 18.1. The van der Waals surface area contributed by atoms with E-state index in [1.54, 1.807) is 17.0 Å². The Morgan fingerprint density at radius 1 is 1.05 bits per heavy atom. The number of halogens is 1. The normalized spacial score (nSPS) is 12.0. The summed E-state index contributed by atoms with van der Waals surface area (Å²) in [6.07, 6.45) is 4.44. The molecule has 0 aromatic heterocycles. The zero-order valence-corrected chi connectivity index (χ0v) is 24.4. The summed E-state index contributed by atoms with van der Waals surface area (Å²) in [6, 6.07) is 14.0. The molecular weight excluding hydrogens is 526 g/mol. The van der Waals surface area contributed by atoms with Crippen LogP contribution in [0.5, 0.6) is 5.75 Å². The van der Waals surface area contributed by atoms with Crippen LogP contribution in [-0.2, 0) is 26.0 Å². The molecule has 210 valence electrons. The van der Waals surface area contributed by atoms with E-state index < -0.39 is 16.1 Å². The van der Waals surface area contributed by atoms with Crippen LogP contribution in [0, 0.1) is 0 Å². The molecule has 0 saturated carbocycles. The van der Waals surface area contributed by atoms with Crippen molar-refractivity contribution in [3.8, 4) is 5.75 Å². The van der Waals surface area contributed by atoms with E-state index in [-0.39, 0.29) is 31.2 Å². The summed E-state index contributed by atoms with van der Waals surface area (Å²) in [5.41, 5.74) is 1.47. The SMILES string of the molecule is CCCCNC(=O)C(CC)N(CCc1ccccc1)C(=O)CCCN(c1ccc(OC)c(Cl)c1)S(C)(=O)=O. The molecule has 0 heterocycles. The summed E-state index contributed by atoms with van der Waals surface area (Å²) in [6.45, 7) is 5.01. The highest BCUT2D eigenvalue weighted by atomic mass is 35.5. The summed E-state index contributed by atoms with van der Waals surface area (Å²) >= 11 is 6.22. The molecule has 0 fully saturated rings. The summed E-state index contributed by atoms with van der Waals surface area (Å²) in [5.74, 6) is 0.101. The van der Waals surface area contributed by atoms with Crippen molar-refractivity contribution in [3.05, 3.63) is 59.1 Å².